The van der Waals surface area contributed by atoms with Crippen molar-refractivity contribution in [1.29, 1.82) is 0 Å². The molecular weight excluding hydrogens is 368 g/mol. The number of hydrogen-bond acceptors (Lipinski definition) is 4. The Bertz CT molecular complexity index is 725. The second kappa shape index (κ2) is 10.5. The van der Waals surface area contributed by atoms with Crippen LogP contribution < -0.4 is 24.8 Å². The first-order valence-electron chi connectivity index (χ1n) is 8.62. The van der Waals surface area contributed by atoms with Gasteiger partial charge in [0.15, 0.2) is 11.5 Å². The van der Waals surface area contributed by atoms with Gasteiger partial charge in [-0.25, -0.2) is 4.79 Å². The predicted octanol–water partition coefficient (Wildman–Crippen LogP) is 3.45. The van der Waals surface area contributed by atoms with Gasteiger partial charge >= 0.3 is 6.03 Å². The number of ether oxygens (including phenoxy) is 3. The highest BCUT2D eigenvalue weighted by molar-refractivity contribution is 6.30. The lowest BCUT2D eigenvalue weighted by Crippen LogP contribution is -2.37. The highest BCUT2D eigenvalue weighted by atomic mass is 35.5. The van der Waals surface area contributed by atoms with Crippen molar-refractivity contribution in [3.8, 4) is 17.2 Å². The van der Waals surface area contributed by atoms with Gasteiger partial charge in [-0.15, -0.1) is 0 Å². The molecule has 146 valence electrons. The molecule has 0 heterocycles. The largest absolute Gasteiger partial charge is 0.493 e. The van der Waals surface area contributed by atoms with Gasteiger partial charge in [-0.1, -0.05) is 23.7 Å². The lowest BCUT2D eigenvalue weighted by atomic mass is 10.1. The van der Waals surface area contributed by atoms with Crippen molar-refractivity contribution >= 4 is 17.6 Å². The molecule has 2 amide bonds. The summed E-state index contributed by atoms with van der Waals surface area (Å²) in [5.41, 5.74) is 2.10. The number of halogens is 1. The maximum atomic E-state index is 11.9. The number of carbonyl (C=O) groups is 1. The molecule has 0 aliphatic heterocycles. The first kappa shape index (κ1) is 20.7. The third kappa shape index (κ3) is 6.25. The van der Waals surface area contributed by atoms with Gasteiger partial charge in [-0.2, -0.15) is 0 Å². The summed E-state index contributed by atoms with van der Waals surface area (Å²) in [6.07, 6.45) is 1.39. The monoisotopic (exact) mass is 392 g/mol. The molecule has 0 aliphatic carbocycles. The van der Waals surface area contributed by atoms with Gasteiger partial charge in [0.05, 0.1) is 21.3 Å². The second-order valence-electron chi connectivity index (χ2n) is 5.84. The molecule has 2 aromatic carbocycles. The minimum Gasteiger partial charge on any atom is -0.493 e. The van der Waals surface area contributed by atoms with Crippen LogP contribution in [-0.4, -0.2) is 40.5 Å². The van der Waals surface area contributed by atoms with Crippen LogP contribution in [0, 0.1) is 0 Å². The molecule has 0 fully saturated rings. The van der Waals surface area contributed by atoms with Crippen molar-refractivity contribution in [2.24, 2.45) is 0 Å². The van der Waals surface area contributed by atoms with Crippen LogP contribution in [0.4, 0.5) is 4.79 Å². The van der Waals surface area contributed by atoms with Crippen LogP contribution in [0.15, 0.2) is 36.4 Å². The van der Waals surface area contributed by atoms with E-state index in [9.17, 15) is 4.79 Å². The Morgan fingerprint density at radius 1 is 0.852 bits per heavy atom. The fraction of sp³-hybridized carbons (Fsp3) is 0.350. The predicted molar refractivity (Wildman–Crippen MR) is 106 cm³/mol. The molecular formula is C20H25ClN2O4. The third-order valence-corrected chi connectivity index (χ3v) is 4.29. The van der Waals surface area contributed by atoms with Gasteiger partial charge in [0.2, 0.25) is 5.75 Å². The first-order valence-corrected chi connectivity index (χ1v) is 9.00. The third-order valence-electron chi connectivity index (χ3n) is 4.04. The number of nitrogens with one attached hydrogen (secondary N) is 2. The van der Waals surface area contributed by atoms with Crippen LogP contribution in [-0.2, 0) is 12.8 Å². The van der Waals surface area contributed by atoms with Gasteiger partial charge in [-0.3, -0.25) is 0 Å². The molecule has 0 atom stereocenters. The summed E-state index contributed by atoms with van der Waals surface area (Å²) in [4.78, 5) is 11.9. The van der Waals surface area contributed by atoms with Gasteiger partial charge in [0, 0.05) is 18.1 Å². The summed E-state index contributed by atoms with van der Waals surface area (Å²) >= 11 is 5.86. The quantitative estimate of drug-likeness (QED) is 0.685. The summed E-state index contributed by atoms with van der Waals surface area (Å²) in [5, 5.41) is 6.39. The zero-order valence-corrected chi connectivity index (χ0v) is 16.6. The zero-order chi connectivity index (χ0) is 19.6. The van der Waals surface area contributed by atoms with E-state index in [1.54, 1.807) is 21.3 Å². The van der Waals surface area contributed by atoms with E-state index < -0.39 is 0 Å². The van der Waals surface area contributed by atoms with E-state index in [1.165, 1.54) is 0 Å². The molecule has 2 aromatic rings. The van der Waals surface area contributed by atoms with Crippen molar-refractivity contribution in [1.82, 2.24) is 10.6 Å². The smallest absolute Gasteiger partial charge is 0.314 e. The Kier molecular flexibility index (Phi) is 8.07. The maximum absolute atomic E-state index is 11.9. The van der Waals surface area contributed by atoms with Gasteiger partial charge in [0.1, 0.15) is 0 Å². The van der Waals surface area contributed by atoms with Crippen molar-refractivity contribution < 1.29 is 19.0 Å². The van der Waals surface area contributed by atoms with E-state index in [0.29, 0.717) is 41.8 Å². The number of methoxy groups -OCH3 is 3. The molecule has 7 heteroatoms. The molecule has 0 spiro atoms. The topological polar surface area (TPSA) is 68.8 Å². The second-order valence-corrected chi connectivity index (χ2v) is 6.28. The number of rotatable bonds is 9. The van der Waals surface area contributed by atoms with E-state index in [2.05, 4.69) is 10.6 Å². The van der Waals surface area contributed by atoms with Gasteiger partial charge in [-0.05, 0) is 48.2 Å². The Morgan fingerprint density at radius 2 is 1.37 bits per heavy atom. The number of benzene rings is 2. The Balaban J connectivity index is 1.78. The van der Waals surface area contributed by atoms with Crippen molar-refractivity contribution in [3.63, 3.8) is 0 Å². The average molecular weight is 393 g/mol. The Morgan fingerprint density at radius 3 is 1.85 bits per heavy atom. The summed E-state index contributed by atoms with van der Waals surface area (Å²) in [5.74, 6) is 1.75. The highest BCUT2D eigenvalue weighted by Crippen LogP contribution is 2.38. The number of carbonyl (C=O) groups excluding carboxylic acids is 1. The summed E-state index contributed by atoms with van der Waals surface area (Å²) in [6, 6.07) is 11.1. The average Bonchev–Trinajstić information content (AvgIpc) is 2.68. The molecule has 6 nitrogen and oxygen atoms in total. The van der Waals surface area contributed by atoms with E-state index in [-0.39, 0.29) is 6.03 Å². The normalized spacial score (nSPS) is 10.2. The van der Waals surface area contributed by atoms with Crippen LogP contribution in [0.2, 0.25) is 5.02 Å². The minimum absolute atomic E-state index is 0.198. The fourth-order valence-electron chi connectivity index (χ4n) is 2.63. The molecule has 0 radical (unpaired) electrons. The summed E-state index contributed by atoms with van der Waals surface area (Å²) in [7, 11) is 4.72. The standard InChI is InChI=1S/C20H25ClN2O4/c1-25-17-12-15(13-18(26-2)19(17)27-3)9-11-23-20(24)22-10-8-14-4-6-16(21)7-5-14/h4-7,12-13H,8-11H2,1-3H3,(H2,22,23,24). The molecule has 27 heavy (non-hydrogen) atoms. The minimum atomic E-state index is -0.198. The van der Waals surface area contributed by atoms with Crippen molar-refractivity contribution in [3.05, 3.63) is 52.5 Å². The fourth-order valence-corrected chi connectivity index (χ4v) is 2.76. The van der Waals surface area contributed by atoms with Crippen LogP contribution >= 0.6 is 11.6 Å². The molecule has 0 unspecified atom stereocenters. The number of amides is 2. The SMILES string of the molecule is COc1cc(CCNC(=O)NCCc2ccc(Cl)cc2)cc(OC)c1OC. The summed E-state index contributed by atoms with van der Waals surface area (Å²) < 4.78 is 16.0. The molecule has 0 aromatic heterocycles. The summed E-state index contributed by atoms with van der Waals surface area (Å²) in [6.45, 7) is 1.04. The van der Waals surface area contributed by atoms with E-state index in [0.717, 1.165) is 17.5 Å². The highest BCUT2D eigenvalue weighted by Gasteiger charge is 2.13. The van der Waals surface area contributed by atoms with Crippen LogP contribution in [0.5, 0.6) is 17.2 Å². The van der Waals surface area contributed by atoms with Crippen molar-refractivity contribution in [2.45, 2.75) is 12.8 Å². The lowest BCUT2D eigenvalue weighted by molar-refractivity contribution is 0.241. The van der Waals surface area contributed by atoms with Gasteiger partial charge in [0.25, 0.3) is 0 Å². The molecule has 0 saturated carbocycles. The molecule has 0 aliphatic rings. The first-order chi connectivity index (χ1) is 13.1. The number of urea groups is 1. The molecule has 0 bridgehead atoms. The number of hydrogen-bond donors (Lipinski definition) is 2. The van der Waals surface area contributed by atoms with Crippen LogP contribution in [0.1, 0.15) is 11.1 Å². The van der Waals surface area contributed by atoms with Crippen LogP contribution in [0.3, 0.4) is 0 Å². The lowest BCUT2D eigenvalue weighted by Gasteiger charge is -2.14. The van der Waals surface area contributed by atoms with Crippen LogP contribution in [0.25, 0.3) is 0 Å². The maximum Gasteiger partial charge on any atom is 0.314 e. The Labute approximate surface area is 164 Å². The Hall–Kier alpha value is -2.60. The molecule has 2 rings (SSSR count). The zero-order valence-electron chi connectivity index (χ0n) is 15.8. The van der Waals surface area contributed by atoms with E-state index in [1.807, 2.05) is 36.4 Å². The molecule has 0 saturated heterocycles. The molecule has 2 N–H and O–H groups in total. The van der Waals surface area contributed by atoms with Gasteiger partial charge < -0.3 is 24.8 Å². The van der Waals surface area contributed by atoms with Crippen molar-refractivity contribution in [2.75, 3.05) is 34.4 Å². The van der Waals surface area contributed by atoms with E-state index in [4.69, 9.17) is 25.8 Å². The van der Waals surface area contributed by atoms with E-state index >= 15 is 0 Å².